The number of benzene rings is 1. The summed E-state index contributed by atoms with van der Waals surface area (Å²) >= 11 is 6.45. The van der Waals surface area contributed by atoms with Gasteiger partial charge in [-0.25, -0.2) is 0 Å². The third kappa shape index (κ3) is 3.38. The van der Waals surface area contributed by atoms with Gasteiger partial charge < -0.3 is 5.11 Å². The van der Waals surface area contributed by atoms with Gasteiger partial charge in [-0.2, -0.15) is 0 Å². The first kappa shape index (κ1) is 15.8. The van der Waals surface area contributed by atoms with Crippen molar-refractivity contribution in [1.29, 1.82) is 0 Å². The van der Waals surface area contributed by atoms with E-state index in [1.54, 1.807) is 6.08 Å². The van der Waals surface area contributed by atoms with Gasteiger partial charge in [-0.3, -0.25) is 4.79 Å². The monoisotopic (exact) mass is 304 g/mol. The van der Waals surface area contributed by atoms with Crippen LogP contribution in [0.3, 0.4) is 0 Å². The second-order valence-corrected chi connectivity index (χ2v) is 6.00. The van der Waals surface area contributed by atoms with Crippen LogP contribution < -0.4 is 0 Å². The Morgan fingerprint density at radius 3 is 2.57 bits per heavy atom. The van der Waals surface area contributed by atoms with Crippen LogP contribution in [-0.4, -0.2) is 16.5 Å². The van der Waals surface area contributed by atoms with E-state index >= 15 is 0 Å². The van der Waals surface area contributed by atoms with Crippen molar-refractivity contribution in [2.75, 3.05) is 0 Å². The zero-order chi connectivity index (χ0) is 15.3. The summed E-state index contributed by atoms with van der Waals surface area (Å²) in [7, 11) is 0. The molecule has 2 nitrogen and oxygen atoms in total. The minimum atomic E-state index is -0.977. The first-order chi connectivity index (χ1) is 10.1. The molecule has 0 spiro atoms. The van der Waals surface area contributed by atoms with Crippen LogP contribution in [0, 0.1) is 5.41 Å². The van der Waals surface area contributed by atoms with E-state index in [4.69, 9.17) is 11.6 Å². The predicted molar refractivity (Wildman–Crippen MR) is 87.4 cm³/mol. The second kappa shape index (κ2) is 6.95. The van der Waals surface area contributed by atoms with Crippen molar-refractivity contribution in [3.8, 4) is 0 Å². The van der Waals surface area contributed by atoms with Gasteiger partial charge >= 0.3 is 5.97 Å². The van der Waals surface area contributed by atoms with Gasteiger partial charge in [0.2, 0.25) is 0 Å². The molecule has 0 aliphatic heterocycles. The number of rotatable bonds is 6. The Bertz CT molecular complexity index is 548. The van der Waals surface area contributed by atoms with Gasteiger partial charge in [0.15, 0.2) is 0 Å². The summed E-state index contributed by atoms with van der Waals surface area (Å²) in [5.74, 6) is -0.835. The normalized spacial score (nSPS) is 24.7. The van der Waals surface area contributed by atoms with Gasteiger partial charge in [0.05, 0.1) is 5.38 Å². The number of carboxylic acids is 1. The minimum Gasteiger partial charge on any atom is -0.481 e. The average molecular weight is 305 g/mol. The Morgan fingerprint density at radius 2 is 2.00 bits per heavy atom. The van der Waals surface area contributed by atoms with Crippen molar-refractivity contribution < 1.29 is 9.90 Å². The Hall–Kier alpha value is -1.54. The molecule has 0 saturated carbocycles. The van der Waals surface area contributed by atoms with E-state index in [2.05, 4.69) is 6.92 Å². The highest BCUT2D eigenvalue weighted by Gasteiger charge is 2.43. The summed E-state index contributed by atoms with van der Waals surface area (Å²) in [6.45, 7) is 2.11. The number of hydrogen-bond acceptors (Lipinski definition) is 1. The lowest BCUT2D eigenvalue weighted by atomic mass is 9.75. The van der Waals surface area contributed by atoms with Crippen molar-refractivity contribution >= 4 is 23.1 Å². The highest BCUT2D eigenvalue weighted by atomic mass is 35.5. The Morgan fingerprint density at radius 1 is 1.29 bits per heavy atom. The lowest BCUT2D eigenvalue weighted by molar-refractivity contribution is -0.146. The van der Waals surface area contributed by atoms with Crippen LogP contribution in [0.25, 0.3) is 5.57 Å². The van der Waals surface area contributed by atoms with Gasteiger partial charge in [-0.15, -0.1) is 11.6 Å². The molecule has 0 heterocycles. The minimum absolute atomic E-state index is 0.521. The Kier molecular flexibility index (Phi) is 5.24. The molecule has 0 aromatic heterocycles. The van der Waals surface area contributed by atoms with Crippen LogP contribution in [0.2, 0.25) is 0 Å². The van der Waals surface area contributed by atoms with Crippen molar-refractivity contribution in [1.82, 2.24) is 0 Å². The topological polar surface area (TPSA) is 37.3 Å². The van der Waals surface area contributed by atoms with Crippen LogP contribution in [0.4, 0.5) is 0 Å². The summed E-state index contributed by atoms with van der Waals surface area (Å²) in [5.41, 5.74) is 1.07. The van der Waals surface area contributed by atoms with Crippen molar-refractivity contribution in [3.05, 3.63) is 54.1 Å². The molecule has 0 amide bonds. The molecule has 0 fully saturated rings. The number of halogens is 1. The fraction of sp³-hybridized carbons (Fsp3) is 0.389. The molecule has 2 rings (SSSR count). The number of hydrogen-bond donors (Lipinski definition) is 1. The standard InChI is InChI=1S/C18H21ClO2/c1-2-3-7-11-18(17(20)21)12-10-15(13-16(18)19)14-8-5-4-6-9-14/h4-6,8-10,12-13,16H,2-3,7,11H2,1H3,(H,20,21). The van der Waals surface area contributed by atoms with E-state index in [1.807, 2.05) is 42.5 Å². The Balaban J connectivity index is 2.23. The second-order valence-electron chi connectivity index (χ2n) is 5.53. The highest BCUT2D eigenvalue weighted by Crippen LogP contribution is 2.41. The molecule has 112 valence electrons. The molecule has 0 saturated heterocycles. The molecular weight excluding hydrogens is 284 g/mol. The van der Waals surface area contributed by atoms with Crippen LogP contribution >= 0.6 is 11.6 Å². The molecule has 3 heteroatoms. The molecule has 1 aliphatic carbocycles. The maximum Gasteiger partial charge on any atom is 0.315 e. The maximum absolute atomic E-state index is 11.8. The van der Waals surface area contributed by atoms with Gasteiger partial charge in [0.25, 0.3) is 0 Å². The molecule has 1 aromatic carbocycles. The summed E-state index contributed by atoms with van der Waals surface area (Å²) in [5, 5.41) is 9.13. The lowest BCUT2D eigenvalue weighted by Crippen LogP contribution is -2.38. The number of alkyl halides is 1. The number of carbonyl (C=O) groups is 1. The van der Waals surface area contributed by atoms with E-state index in [-0.39, 0.29) is 0 Å². The third-order valence-electron chi connectivity index (χ3n) is 4.08. The van der Waals surface area contributed by atoms with Gasteiger partial charge in [-0.1, -0.05) is 74.7 Å². The highest BCUT2D eigenvalue weighted by molar-refractivity contribution is 6.25. The molecule has 0 bridgehead atoms. The molecule has 1 N–H and O–H groups in total. The molecule has 2 unspecified atom stereocenters. The zero-order valence-electron chi connectivity index (χ0n) is 12.3. The molecule has 1 aliphatic rings. The zero-order valence-corrected chi connectivity index (χ0v) is 13.0. The average Bonchev–Trinajstić information content (AvgIpc) is 2.49. The quantitative estimate of drug-likeness (QED) is 0.599. The van der Waals surface area contributed by atoms with E-state index in [0.717, 1.165) is 30.4 Å². The van der Waals surface area contributed by atoms with Gasteiger partial charge in [-0.05, 0) is 17.6 Å². The van der Waals surface area contributed by atoms with Gasteiger partial charge in [0.1, 0.15) is 5.41 Å². The van der Waals surface area contributed by atoms with E-state index in [1.165, 1.54) is 0 Å². The van der Waals surface area contributed by atoms with Crippen LogP contribution in [0.15, 0.2) is 48.6 Å². The fourth-order valence-corrected chi connectivity index (χ4v) is 3.11. The van der Waals surface area contributed by atoms with Crippen LogP contribution in [0.1, 0.15) is 38.2 Å². The molecule has 1 aromatic rings. The van der Waals surface area contributed by atoms with Crippen molar-refractivity contribution in [3.63, 3.8) is 0 Å². The SMILES string of the molecule is CCCCCC1(C(=O)O)C=CC(c2ccccc2)=CC1Cl. The summed E-state index contributed by atoms with van der Waals surface area (Å²) in [6, 6.07) is 9.90. The summed E-state index contributed by atoms with van der Waals surface area (Å²) in [6.07, 6.45) is 9.11. The van der Waals surface area contributed by atoms with E-state index in [9.17, 15) is 9.90 Å². The molecular formula is C18H21ClO2. The van der Waals surface area contributed by atoms with E-state index < -0.39 is 16.8 Å². The smallest absolute Gasteiger partial charge is 0.315 e. The number of aliphatic carboxylic acids is 1. The van der Waals surface area contributed by atoms with Gasteiger partial charge in [0, 0.05) is 0 Å². The first-order valence-electron chi connectivity index (χ1n) is 7.44. The molecule has 0 radical (unpaired) electrons. The van der Waals surface area contributed by atoms with Crippen LogP contribution in [0.5, 0.6) is 0 Å². The number of carboxylic acid groups (broad SMARTS) is 1. The van der Waals surface area contributed by atoms with Crippen LogP contribution in [-0.2, 0) is 4.79 Å². The summed E-state index contributed by atoms with van der Waals surface area (Å²) < 4.78 is 0. The molecule has 21 heavy (non-hydrogen) atoms. The van der Waals surface area contributed by atoms with E-state index in [0.29, 0.717) is 6.42 Å². The first-order valence-corrected chi connectivity index (χ1v) is 7.88. The fourth-order valence-electron chi connectivity index (χ4n) is 2.70. The lowest BCUT2D eigenvalue weighted by Gasteiger charge is -2.32. The van der Waals surface area contributed by atoms with Crippen molar-refractivity contribution in [2.45, 2.75) is 38.0 Å². The number of unbranched alkanes of at least 4 members (excludes halogenated alkanes) is 2. The molecule has 2 atom stereocenters. The van der Waals surface area contributed by atoms with Crippen molar-refractivity contribution in [2.24, 2.45) is 5.41 Å². The third-order valence-corrected chi connectivity index (χ3v) is 4.59. The number of allylic oxidation sites excluding steroid dienone is 3. The largest absolute Gasteiger partial charge is 0.481 e. The maximum atomic E-state index is 11.8. The Labute approximate surface area is 131 Å². The summed E-state index contributed by atoms with van der Waals surface area (Å²) in [4.78, 5) is 11.8. The predicted octanol–water partition coefficient (Wildman–Crippen LogP) is 4.90.